The Balaban J connectivity index is 1.82. The maximum atomic E-state index is 12.1. The molecule has 28 heavy (non-hydrogen) atoms. The van der Waals surface area contributed by atoms with Gasteiger partial charge in [0.1, 0.15) is 19.2 Å². The van der Waals surface area contributed by atoms with Gasteiger partial charge < -0.3 is 20.1 Å². The van der Waals surface area contributed by atoms with E-state index in [1.807, 2.05) is 61.5 Å². The lowest BCUT2D eigenvalue weighted by Crippen LogP contribution is -2.47. The van der Waals surface area contributed by atoms with Gasteiger partial charge >= 0.3 is 12.1 Å². The number of hydrogen-bond donors (Lipinski definition) is 2. The van der Waals surface area contributed by atoms with Gasteiger partial charge in [0.05, 0.1) is 7.11 Å². The third-order valence-corrected chi connectivity index (χ3v) is 3.95. The summed E-state index contributed by atoms with van der Waals surface area (Å²) in [4.78, 5) is 35.8. The highest BCUT2D eigenvalue weighted by atomic mass is 16.5. The van der Waals surface area contributed by atoms with E-state index in [2.05, 4.69) is 10.6 Å². The quantitative estimate of drug-likeness (QED) is 0.680. The highest BCUT2D eigenvalue weighted by molar-refractivity contribution is 5.87. The van der Waals surface area contributed by atoms with E-state index in [0.29, 0.717) is 6.42 Å². The average Bonchev–Trinajstić information content (AvgIpc) is 2.70. The minimum Gasteiger partial charge on any atom is -0.467 e. The molecule has 0 radical (unpaired) electrons. The van der Waals surface area contributed by atoms with Gasteiger partial charge in [-0.1, -0.05) is 60.2 Å². The van der Waals surface area contributed by atoms with Crippen LogP contribution >= 0.6 is 0 Å². The Kier molecular flexibility index (Phi) is 8.02. The molecule has 2 N–H and O–H groups in total. The fraction of sp³-hybridized carbons (Fsp3) is 0.286. The number of alkyl carbamates (subject to hydrolysis) is 1. The molecule has 2 amide bonds. The monoisotopic (exact) mass is 384 g/mol. The molecular weight excluding hydrogens is 360 g/mol. The number of carbonyl (C=O) groups is 3. The largest absolute Gasteiger partial charge is 0.467 e. The molecule has 0 saturated carbocycles. The van der Waals surface area contributed by atoms with Crippen LogP contribution in [0.15, 0.2) is 54.6 Å². The number of carbonyl (C=O) groups excluding carboxylic acids is 3. The smallest absolute Gasteiger partial charge is 0.407 e. The summed E-state index contributed by atoms with van der Waals surface area (Å²) >= 11 is 0. The van der Waals surface area contributed by atoms with E-state index in [4.69, 9.17) is 9.47 Å². The van der Waals surface area contributed by atoms with Crippen molar-refractivity contribution in [1.82, 2.24) is 10.6 Å². The Bertz CT molecular complexity index is 807. The Labute approximate surface area is 164 Å². The highest BCUT2D eigenvalue weighted by Crippen LogP contribution is 2.08. The molecule has 7 nitrogen and oxygen atoms in total. The van der Waals surface area contributed by atoms with Crippen molar-refractivity contribution < 1.29 is 23.9 Å². The average molecular weight is 384 g/mol. The van der Waals surface area contributed by atoms with Crippen molar-refractivity contribution in [2.45, 2.75) is 26.0 Å². The highest BCUT2D eigenvalue weighted by Gasteiger charge is 2.22. The predicted octanol–water partition coefficient (Wildman–Crippen LogP) is 2.12. The number of nitrogens with one attached hydrogen (secondary N) is 2. The zero-order valence-electron chi connectivity index (χ0n) is 15.9. The van der Waals surface area contributed by atoms with E-state index in [9.17, 15) is 14.4 Å². The Hall–Kier alpha value is -3.35. The maximum Gasteiger partial charge on any atom is 0.407 e. The second kappa shape index (κ2) is 10.7. The maximum absolute atomic E-state index is 12.1. The molecule has 7 heteroatoms. The van der Waals surface area contributed by atoms with E-state index in [1.165, 1.54) is 7.11 Å². The minimum atomic E-state index is -0.846. The minimum absolute atomic E-state index is 0.104. The van der Waals surface area contributed by atoms with Gasteiger partial charge in [-0.2, -0.15) is 0 Å². The van der Waals surface area contributed by atoms with Crippen LogP contribution in [0.3, 0.4) is 0 Å². The number of aryl methyl sites for hydroxylation is 1. The second-order valence-corrected chi connectivity index (χ2v) is 6.25. The van der Waals surface area contributed by atoms with Crippen LogP contribution < -0.4 is 10.6 Å². The fourth-order valence-electron chi connectivity index (χ4n) is 2.58. The molecule has 2 aromatic carbocycles. The number of hydrogen-bond acceptors (Lipinski definition) is 5. The van der Waals surface area contributed by atoms with E-state index < -0.39 is 24.0 Å². The van der Waals surface area contributed by atoms with E-state index in [1.54, 1.807) is 0 Å². The zero-order valence-corrected chi connectivity index (χ0v) is 15.9. The molecule has 0 aliphatic heterocycles. The Morgan fingerprint density at radius 1 is 1.00 bits per heavy atom. The Morgan fingerprint density at radius 2 is 1.71 bits per heavy atom. The second-order valence-electron chi connectivity index (χ2n) is 6.25. The molecule has 0 aromatic heterocycles. The standard InChI is InChI=1S/C21H24N2O5/c1-15-7-6-10-17(11-15)12-18(20(25)27-2)23-19(24)13-22-21(26)28-14-16-8-4-3-5-9-16/h3-11,18H,12-14H2,1-2H3,(H,22,26)(H,23,24)/t18-/m0/s1. The summed E-state index contributed by atoms with van der Waals surface area (Å²) in [6, 6.07) is 16.0. The van der Waals surface area contributed by atoms with Crippen LogP contribution in [0.4, 0.5) is 4.79 Å². The predicted molar refractivity (Wildman–Crippen MR) is 103 cm³/mol. The molecule has 0 spiro atoms. The molecule has 0 fully saturated rings. The summed E-state index contributed by atoms with van der Waals surface area (Å²) in [7, 11) is 1.26. The van der Waals surface area contributed by atoms with Gasteiger partial charge in [0.25, 0.3) is 0 Å². The van der Waals surface area contributed by atoms with Crippen LogP contribution in [0.25, 0.3) is 0 Å². The van der Waals surface area contributed by atoms with Crippen LogP contribution in [0.5, 0.6) is 0 Å². The molecule has 148 valence electrons. The summed E-state index contributed by atoms with van der Waals surface area (Å²) in [6.45, 7) is 1.74. The van der Waals surface area contributed by atoms with Gasteiger partial charge in [-0.25, -0.2) is 9.59 Å². The number of methoxy groups -OCH3 is 1. The molecule has 1 atom stereocenters. The van der Waals surface area contributed by atoms with Crippen molar-refractivity contribution in [2.24, 2.45) is 0 Å². The van der Waals surface area contributed by atoms with Crippen molar-refractivity contribution in [3.63, 3.8) is 0 Å². The summed E-state index contributed by atoms with van der Waals surface area (Å²) in [5.41, 5.74) is 2.78. The summed E-state index contributed by atoms with van der Waals surface area (Å²) in [5.74, 6) is -1.07. The lowest BCUT2D eigenvalue weighted by molar-refractivity contribution is -0.144. The first-order chi connectivity index (χ1) is 13.5. The van der Waals surface area contributed by atoms with Crippen molar-refractivity contribution >= 4 is 18.0 Å². The summed E-state index contributed by atoms with van der Waals surface area (Å²) < 4.78 is 9.80. The Morgan fingerprint density at radius 3 is 2.39 bits per heavy atom. The number of ether oxygens (including phenoxy) is 2. The zero-order chi connectivity index (χ0) is 20.4. The van der Waals surface area contributed by atoms with Gasteiger partial charge in [0.15, 0.2) is 0 Å². The van der Waals surface area contributed by atoms with Gasteiger partial charge in [-0.05, 0) is 18.1 Å². The number of amides is 2. The normalized spacial score (nSPS) is 11.2. The molecule has 0 saturated heterocycles. The van der Waals surface area contributed by atoms with Gasteiger partial charge in [0, 0.05) is 6.42 Å². The number of benzene rings is 2. The van der Waals surface area contributed by atoms with Gasteiger partial charge in [-0.3, -0.25) is 4.79 Å². The number of esters is 1. The van der Waals surface area contributed by atoms with Crippen LogP contribution in [-0.4, -0.2) is 37.7 Å². The molecular formula is C21H24N2O5. The van der Waals surface area contributed by atoms with Gasteiger partial charge in [-0.15, -0.1) is 0 Å². The third-order valence-electron chi connectivity index (χ3n) is 3.95. The van der Waals surface area contributed by atoms with E-state index >= 15 is 0 Å². The van der Waals surface area contributed by atoms with Crippen LogP contribution in [0.1, 0.15) is 16.7 Å². The van der Waals surface area contributed by atoms with Gasteiger partial charge in [0.2, 0.25) is 5.91 Å². The summed E-state index contributed by atoms with van der Waals surface area (Å²) in [5, 5.41) is 4.94. The van der Waals surface area contributed by atoms with E-state index in [0.717, 1.165) is 16.7 Å². The first-order valence-electron chi connectivity index (χ1n) is 8.85. The lowest BCUT2D eigenvalue weighted by atomic mass is 10.0. The molecule has 2 aromatic rings. The van der Waals surface area contributed by atoms with Crippen molar-refractivity contribution in [3.05, 3.63) is 71.3 Å². The number of rotatable bonds is 8. The first-order valence-corrected chi connectivity index (χ1v) is 8.85. The first kappa shape index (κ1) is 21.0. The molecule has 0 aliphatic rings. The fourth-order valence-corrected chi connectivity index (χ4v) is 2.58. The van der Waals surface area contributed by atoms with Crippen LogP contribution in [0, 0.1) is 6.92 Å². The molecule has 0 heterocycles. The topological polar surface area (TPSA) is 93.7 Å². The molecule has 0 unspecified atom stereocenters. The van der Waals surface area contributed by atoms with Crippen molar-refractivity contribution in [3.8, 4) is 0 Å². The van der Waals surface area contributed by atoms with Crippen LogP contribution in [-0.2, 0) is 32.1 Å². The summed E-state index contributed by atoms with van der Waals surface area (Å²) in [6.07, 6.45) is -0.425. The van der Waals surface area contributed by atoms with Crippen molar-refractivity contribution in [2.75, 3.05) is 13.7 Å². The molecule has 0 aliphatic carbocycles. The van der Waals surface area contributed by atoms with E-state index in [-0.39, 0.29) is 13.2 Å². The van der Waals surface area contributed by atoms with Crippen LogP contribution in [0.2, 0.25) is 0 Å². The molecule has 2 rings (SSSR count). The third kappa shape index (κ3) is 7.11. The van der Waals surface area contributed by atoms with Crippen molar-refractivity contribution in [1.29, 1.82) is 0 Å². The molecule has 0 bridgehead atoms. The lowest BCUT2D eigenvalue weighted by Gasteiger charge is -2.17. The SMILES string of the molecule is COC(=O)[C@H](Cc1cccc(C)c1)NC(=O)CNC(=O)OCc1ccccc1.